The minimum absolute atomic E-state index is 0.0105. The predicted molar refractivity (Wildman–Crippen MR) is 150 cm³/mol. The van der Waals surface area contributed by atoms with Crippen LogP contribution in [0, 0.1) is 36.5 Å². The highest BCUT2D eigenvalue weighted by molar-refractivity contribution is 6.03. The molecule has 3 amide bonds. The van der Waals surface area contributed by atoms with Crippen molar-refractivity contribution in [3.63, 3.8) is 0 Å². The van der Waals surface area contributed by atoms with Crippen molar-refractivity contribution in [3.8, 4) is 0 Å². The van der Waals surface area contributed by atoms with E-state index in [1.165, 1.54) is 6.42 Å². The Bertz CT molecular complexity index is 1170. The van der Waals surface area contributed by atoms with Crippen molar-refractivity contribution >= 4 is 23.4 Å². The largest absolute Gasteiger partial charge is 0.359 e. The van der Waals surface area contributed by atoms with Crippen LogP contribution in [0.1, 0.15) is 71.3 Å². The summed E-state index contributed by atoms with van der Waals surface area (Å²) in [6.45, 7) is 8.71. The molecule has 3 heterocycles. The van der Waals surface area contributed by atoms with Crippen LogP contribution < -0.4 is 10.6 Å². The molecule has 0 radical (unpaired) electrons. The van der Waals surface area contributed by atoms with Gasteiger partial charge in [0.05, 0.1) is 17.9 Å². The second-order valence-corrected chi connectivity index (χ2v) is 13.1. The van der Waals surface area contributed by atoms with Crippen LogP contribution in [0.5, 0.6) is 0 Å². The molecule has 8 atom stereocenters. The standard InChI is InChI=1S/C32H43N3O4/c1-18-11-13-23(14-12-18)35-28(30(37)34-24-10-6-8-20(3)21(24)4)32-16-15-25(39-32)26(27(32)31(35)38)29(36)33-22-9-5-7-19(2)17-22/h5,7,9,15-18,20-21,23-28H,6,8,10-14H2,1-4H3,(H,33,36)(H,34,37)/t18?,20-,21+,23?,24-,25+,26-,27+,28+,32+/m1/s1. The first kappa shape index (κ1) is 26.5. The zero-order valence-corrected chi connectivity index (χ0v) is 23.7. The number of hydrogen-bond donors (Lipinski definition) is 2. The summed E-state index contributed by atoms with van der Waals surface area (Å²) in [5.74, 6) is -0.270. The number of aryl methyl sites for hydroxylation is 1. The molecule has 0 aromatic heterocycles. The molecule has 4 fully saturated rings. The summed E-state index contributed by atoms with van der Waals surface area (Å²) >= 11 is 0. The molecule has 7 nitrogen and oxygen atoms in total. The number of likely N-dealkylation sites (tertiary alicyclic amines) is 1. The summed E-state index contributed by atoms with van der Waals surface area (Å²) in [5, 5.41) is 6.41. The molecule has 3 aliphatic heterocycles. The zero-order chi connectivity index (χ0) is 27.5. The van der Waals surface area contributed by atoms with Gasteiger partial charge in [-0.2, -0.15) is 0 Å². The molecule has 5 aliphatic rings. The van der Waals surface area contributed by atoms with Crippen molar-refractivity contribution in [2.24, 2.45) is 29.6 Å². The van der Waals surface area contributed by atoms with Crippen LogP contribution >= 0.6 is 0 Å². The summed E-state index contributed by atoms with van der Waals surface area (Å²) < 4.78 is 6.57. The van der Waals surface area contributed by atoms with Gasteiger partial charge in [-0.1, -0.05) is 57.9 Å². The number of ether oxygens (including phenoxy) is 1. The zero-order valence-electron chi connectivity index (χ0n) is 23.7. The molecule has 39 heavy (non-hydrogen) atoms. The first-order chi connectivity index (χ1) is 18.7. The Morgan fingerprint density at radius 3 is 2.54 bits per heavy atom. The lowest BCUT2D eigenvalue weighted by Gasteiger charge is -2.41. The number of carbonyl (C=O) groups is 3. The summed E-state index contributed by atoms with van der Waals surface area (Å²) in [5.41, 5.74) is 0.651. The van der Waals surface area contributed by atoms with Gasteiger partial charge in [-0.05, 0) is 74.5 Å². The Morgan fingerprint density at radius 1 is 1.03 bits per heavy atom. The van der Waals surface area contributed by atoms with Crippen molar-refractivity contribution < 1.29 is 19.1 Å². The Labute approximate surface area is 232 Å². The van der Waals surface area contributed by atoms with Gasteiger partial charge in [0.15, 0.2) is 0 Å². The number of hydrogen-bond acceptors (Lipinski definition) is 4. The minimum atomic E-state index is -1.10. The highest BCUT2D eigenvalue weighted by Gasteiger charge is 2.73. The molecule has 2 aliphatic carbocycles. The Hall–Kier alpha value is -2.67. The number of fused-ring (bicyclic) bond motifs is 1. The van der Waals surface area contributed by atoms with Gasteiger partial charge >= 0.3 is 0 Å². The number of amides is 3. The van der Waals surface area contributed by atoms with Gasteiger partial charge in [-0.25, -0.2) is 0 Å². The van der Waals surface area contributed by atoms with Gasteiger partial charge in [0.1, 0.15) is 11.6 Å². The molecule has 6 rings (SSSR count). The second-order valence-electron chi connectivity index (χ2n) is 13.1. The van der Waals surface area contributed by atoms with E-state index in [0.717, 1.165) is 44.1 Å². The van der Waals surface area contributed by atoms with E-state index in [2.05, 4.69) is 31.4 Å². The molecule has 1 aromatic rings. The number of anilines is 1. The fraction of sp³-hybridized carbons (Fsp3) is 0.656. The van der Waals surface area contributed by atoms with Crippen LogP contribution in [0.25, 0.3) is 0 Å². The predicted octanol–water partition coefficient (Wildman–Crippen LogP) is 4.60. The fourth-order valence-corrected chi connectivity index (χ4v) is 8.12. The Balaban J connectivity index is 1.32. The van der Waals surface area contributed by atoms with E-state index in [1.54, 1.807) is 0 Å². The minimum Gasteiger partial charge on any atom is -0.359 e. The van der Waals surface area contributed by atoms with E-state index in [-0.39, 0.29) is 29.8 Å². The van der Waals surface area contributed by atoms with E-state index in [9.17, 15) is 14.4 Å². The molecule has 1 spiro atoms. The Morgan fingerprint density at radius 2 is 1.79 bits per heavy atom. The average Bonchev–Trinajstić information content (AvgIpc) is 3.55. The average molecular weight is 534 g/mol. The quantitative estimate of drug-likeness (QED) is 0.542. The molecule has 0 unspecified atom stereocenters. The van der Waals surface area contributed by atoms with Gasteiger partial charge in [0.2, 0.25) is 17.7 Å². The normalized spacial score (nSPS) is 41.0. The summed E-state index contributed by atoms with van der Waals surface area (Å²) in [6.07, 6.45) is 10.4. The maximum atomic E-state index is 14.3. The van der Waals surface area contributed by atoms with Gasteiger partial charge < -0.3 is 20.3 Å². The lowest BCUT2D eigenvalue weighted by Crippen LogP contribution is -2.59. The topological polar surface area (TPSA) is 87.7 Å². The van der Waals surface area contributed by atoms with Gasteiger partial charge in [0.25, 0.3) is 0 Å². The number of carbonyl (C=O) groups excluding carboxylic acids is 3. The first-order valence-electron chi connectivity index (χ1n) is 15.1. The molecule has 210 valence electrons. The van der Waals surface area contributed by atoms with Crippen LogP contribution in [-0.4, -0.2) is 52.5 Å². The maximum Gasteiger partial charge on any atom is 0.246 e. The van der Waals surface area contributed by atoms with E-state index in [0.29, 0.717) is 23.4 Å². The molecular weight excluding hydrogens is 490 g/mol. The van der Waals surface area contributed by atoms with Crippen LogP contribution in [0.4, 0.5) is 5.69 Å². The van der Waals surface area contributed by atoms with E-state index >= 15 is 0 Å². The van der Waals surface area contributed by atoms with Crippen molar-refractivity contribution in [2.45, 2.75) is 102 Å². The molecule has 2 bridgehead atoms. The number of rotatable bonds is 5. The first-order valence-corrected chi connectivity index (χ1v) is 15.1. The highest BCUT2D eigenvalue weighted by Crippen LogP contribution is 2.56. The van der Waals surface area contributed by atoms with Crippen LogP contribution in [0.15, 0.2) is 36.4 Å². The van der Waals surface area contributed by atoms with Crippen molar-refractivity contribution in [2.75, 3.05) is 5.32 Å². The fourth-order valence-electron chi connectivity index (χ4n) is 8.12. The molecule has 2 saturated carbocycles. The number of nitrogens with zero attached hydrogens (tertiary/aromatic N) is 1. The van der Waals surface area contributed by atoms with E-state index < -0.39 is 29.6 Å². The SMILES string of the molecule is Cc1cccc(NC(=O)[C@@H]2[C@@H]3C=C[C@]4(O3)[C@@H]2C(=O)N(C2CCC(C)CC2)[C@H]4C(=O)N[C@@H]2CCC[C@@H](C)[C@@H]2C)c1. The van der Waals surface area contributed by atoms with Crippen LogP contribution in [0.3, 0.4) is 0 Å². The lowest BCUT2D eigenvalue weighted by molar-refractivity contribution is -0.145. The van der Waals surface area contributed by atoms with Crippen molar-refractivity contribution in [1.82, 2.24) is 10.2 Å². The maximum absolute atomic E-state index is 14.3. The van der Waals surface area contributed by atoms with Crippen molar-refractivity contribution in [1.29, 1.82) is 0 Å². The second kappa shape index (κ2) is 10.1. The monoisotopic (exact) mass is 533 g/mol. The smallest absolute Gasteiger partial charge is 0.246 e. The van der Waals surface area contributed by atoms with E-state index in [4.69, 9.17) is 4.74 Å². The van der Waals surface area contributed by atoms with Crippen molar-refractivity contribution in [3.05, 3.63) is 42.0 Å². The molecule has 1 aromatic carbocycles. The molecule has 2 saturated heterocycles. The number of nitrogens with one attached hydrogen (secondary N) is 2. The third-order valence-electron chi connectivity index (χ3n) is 10.6. The van der Waals surface area contributed by atoms with Gasteiger partial charge in [-0.3, -0.25) is 14.4 Å². The van der Waals surface area contributed by atoms with E-state index in [1.807, 2.05) is 48.2 Å². The summed E-state index contributed by atoms with van der Waals surface area (Å²) in [4.78, 5) is 44.1. The highest BCUT2D eigenvalue weighted by atomic mass is 16.5. The molecule has 7 heteroatoms. The third-order valence-corrected chi connectivity index (χ3v) is 10.6. The van der Waals surface area contributed by atoms with Gasteiger partial charge in [0, 0.05) is 17.8 Å². The number of benzene rings is 1. The van der Waals surface area contributed by atoms with Crippen LogP contribution in [0.2, 0.25) is 0 Å². The molecule has 2 N–H and O–H groups in total. The van der Waals surface area contributed by atoms with Gasteiger partial charge in [-0.15, -0.1) is 0 Å². The van der Waals surface area contributed by atoms with Crippen LogP contribution in [-0.2, 0) is 19.1 Å². The third kappa shape index (κ3) is 4.41. The molecular formula is C32H43N3O4. The Kier molecular flexibility index (Phi) is 6.85. The summed E-state index contributed by atoms with van der Waals surface area (Å²) in [6, 6.07) is 6.99. The lowest BCUT2D eigenvalue weighted by atomic mass is 9.73. The summed E-state index contributed by atoms with van der Waals surface area (Å²) in [7, 11) is 0.